The molecular formula is C21H25BrN2O4. The highest BCUT2D eigenvalue weighted by atomic mass is 79.9. The lowest BCUT2D eigenvalue weighted by Gasteiger charge is -2.28. The minimum atomic E-state index is -0.632. The molecule has 6 nitrogen and oxygen atoms in total. The Kier molecular flexibility index (Phi) is 8.32. The largest absolute Gasteiger partial charge is 0.497 e. The molecule has 1 atom stereocenters. The van der Waals surface area contributed by atoms with Crippen LogP contribution in [0, 0.1) is 0 Å². The van der Waals surface area contributed by atoms with Crippen molar-refractivity contribution in [2.24, 2.45) is 0 Å². The van der Waals surface area contributed by atoms with Gasteiger partial charge in [-0.3, -0.25) is 9.59 Å². The standard InChI is InChI=1S/C21H25BrN2O4/c1-4-23-21(26)15(2)24(13-16-6-5-7-19(12-16)27-3)20(25)14-28-18-10-8-17(22)9-11-18/h5-12,15H,4,13-14H2,1-3H3,(H,23,26). The zero-order chi connectivity index (χ0) is 20.5. The molecular weight excluding hydrogens is 424 g/mol. The third kappa shape index (κ3) is 6.27. The highest BCUT2D eigenvalue weighted by Crippen LogP contribution is 2.18. The number of amides is 2. The van der Waals surface area contributed by atoms with E-state index in [1.54, 1.807) is 26.2 Å². The first kappa shape index (κ1) is 21.8. The molecule has 0 radical (unpaired) electrons. The Labute approximate surface area is 174 Å². The monoisotopic (exact) mass is 448 g/mol. The van der Waals surface area contributed by atoms with Gasteiger partial charge in [-0.1, -0.05) is 28.1 Å². The van der Waals surface area contributed by atoms with Crippen molar-refractivity contribution in [3.8, 4) is 11.5 Å². The maximum absolute atomic E-state index is 12.9. The van der Waals surface area contributed by atoms with Gasteiger partial charge < -0.3 is 19.7 Å². The van der Waals surface area contributed by atoms with Crippen LogP contribution in [0.2, 0.25) is 0 Å². The summed E-state index contributed by atoms with van der Waals surface area (Å²) in [6.45, 7) is 4.17. The van der Waals surface area contributed by atoms with E-state index in [1.165, 1.54) is 4.90 Å². The third-order valence-electron chi connectivity index (χ3n) is 4.18. The minimum Gasteiger partial charge on any atom is -0.497 e. The second-order valence-corrected chi connectivity index (χ2v) is 7.10. The fourth-order valence-electron chi connectivity index (χ4n) is 2.63. The van der Waals surface area contributed by atoms with Crippen LogP contribution < -0.4 is 14.8 Å². The van der Waals surface area contributed by atoms with E-state index >= 15 is 0 Å². The van der Waals surface area contributed by atoms with E-state index in [0.717, 1.165) is 10.0 Å². The molecule has 0 aliphatic heterocycles. The van der Waals surface area contributed by atoms with Crippen LogP contribution in [0.3, 0.4) is 0 Å². The Hall–Kier alpha value is -2.54. The number of halogens is 1. The van der Waals surface area contributed by atoms with E-state index in [2.05, 4.69) is 21.2 Å². The van der Waals surface area contributed by atoms with Crippen molar-refractivity contribution in [3.05, 3.63) is 58.6 Å². The van der Waals surface area contributed by atoms with Crippen LogP contribution in [0.25, 0.3) is 0 Å². The summed E-state index contributed by atoms with van der Waals surface area (Å²) in [5, 5.41) is 2.77. The first-order valence-electron chi connectivity index (χ1n) is 9.03. The molecule has 0 bridgehead atoms. The van der Waals surface area contributed by atoms with Gasteiger partial charge in [-0.2, -0.15) is 0 Å². The lowest BCUT2D eigenvalue weighted by molar-refractivity contribution is -0.142. The van der Waals surface area contributed by atoms with Crippen molar-refractivity contribution >= 4 is 27.7 Å². The molecule has 2 aromatic rings. The number of likely N-dealkylation sites (N-methyl/N-ethyl adjacent to an activating group) is 1. The summed E-state index contributed by atoms with van der Waals surface area (Å²) in [7, 11) is 1.59. The second kappa shape index (κ2) is 10.7. The lowest BCUT2D eigenvalue weighted by Crippen LogP contribution is -2.49. The predicted molar refractivity (Wildman–Crippen MR) is 111 cm³/mol. The quantitative estimate of drug-likeness (QED) is 0.638. The van der Waals surface area contributed by atoms with Crippen molar-refractivity contribution in [1.29, 1.82) is 0 Å². The molecule has 2 amide bonds. The van der Waals surface area contributed by atoms with Gasteiger partial charge in [-0.25, -0.2) is 0 Å². The van der Waals surface area contributed by atoms with Gasteiger partial charge >= 0.3 is 0 Å². The number of ether oxygens (including phenoxy) is 2. The Morgan fingerprint density at radius 2 is 1.86 bits per heavy atom. The molecule has 0 saturated carbocycles. The number of benzene rings is 2. The van der Waals surface area contributed by atoms with E-state index in [9.17, 15) is 9.59 Å². The Morgan fingerprint density at radius 1 is 1.14 bits per heavy atom. The fourth-order valence-corrected chi connectivity index (χ4v) is 2.90. The van der Waals surface area contributed by atoms with Crippen molar-refractivity contribution in [3.63, 3.8) is 0 Å². The summed E-state index contributed by atoms with van der Waals surface area (Å²) in [6, 6.07) is 14.0. The van der Waals surface area contributed by atoms with Gasteiger partial charge in [0.05, 0.1) is 7.11 Å². The maximum Gasteiger partial charge on any atom is 0.261 e. The molecule has 2 aromatic carbocycles. The highest BCUT2D eigenvalue weighted by Gasteiger charge is 2.26. The summed E-state index contributed by atoms with van der Waals surface area (Å²) in [4.78, 5) is 26.7. The third-order valence-corrected chi connectivity index (χ3v) is 4.71. The number of nitrogens with zero attached hydrogens (tertiary/aromatic N) is 1. The van der Waals surface area contributed by atoms with Crippen LogP contribution in [0.5, 0.6) is 11.5 Å². The minimum absolute atomic E-state index is 0.157. The SMILES string of the molecule is CCNC(=O)C(C)N(Cc1cccc(OC)c1)C(=O)COc1ccc(Br)cc1. The first-order valence-corrected chi connectivity index (χ1v) is 9.82. The summed E-state index contributed by atoms with van der Waals surface area (Å²) >= 11 is 3.36. The molecule has 0 aliphatic carbocycles. The number of rotatable bonds is 9. The molecule has 0 spiro atoms. The van der Waals surface area contributed by atoms with Crippen LogP contribution in [-0.2, 0) is 16.1 Å². The number of hydrogen-bond donors (Lipinski definition) is 1. The number of nitrogens with one attached hydrogen (secondary N) is 1. The normalized spacial score (nSPS) is 11.4. The predicted octanol–water partition coefficient (Wildman–Crippen LogP) is 3.39. The maximum atomic E-state index is 12.9. The number of carbonyl (C=O) groups excluding carboxylic acids is 2. The molecule has 1 unspecified atom stereocenters. The van der Waals surface area contributed by atoms with E-state index in [0.29, 0.717) is 18.0 Å². The molecule has 2 rings (SSSR count). The molecule has 0 saturated heterocycles. The smallest absolute Gasteiger partial charge is 0.261 e. The van der Waals surface area contributed by atoms with Crippen molar-refractivity contribution in [2.75, 3.05) is 20.3 Å². The highest BCUT2D eigenvalue weighted by molar-refractivity contribution is 9.10. The van der Waals surface area contributed by atoms with Crippen LogP contribution in [-0.4, -0.2) is 43.0 Å². The van der Waals surface area contributed by atoms with E-state index in [4.69, 9.17) is 9.47 Å². The zero-order valence-electron chi connectivity index (χ0n) is 16.3. The van der Waals surface area contributed by atoms with E-state index < -0.39 is 6.04 Å². The van der Waals surface area contributed by atoms with Gasteiger partial charge in [0, 0.05) is 17.6 Å². The van der Waals surface area contributed by atoms with Gasteiger partial charge in [-0.05, 0) is 55.8 Å². The molecule has 0 heterocycles. The van der Waals surface area contributed by atoms with Gasteiger partial charge in [0.15, 0.2) is 6.61 Å². The summed E-state index contributed by atoms with van der Waals surface area (Å²) in [5.74, 6) is 0.803. The molecule has 0 aliphatic rings. The molecule has 1 N–H and O–H groups in total. The number of methoxy groups -OCH3 is 1. The Morgan fingerprint density at radius 3 is 2.50 bits per heavy atom. The van der Waals surface area contributed by atoms with Gasteiger partial charge in [0.1, 0.15) is 17.5 Å². The second-order valence-electron chi connectivity index (χ2n) is 6.19. The molecule has 150 valence electrons. The number of hydrogen-bond acceptors (Lipinski definition) is 4. The fraction of sp³-hybridized carbons (Fsp3) is 0.333. The Bertz CT molecular complexity index is 795. The van der Waals surface area contributed by atoms with Crippen LogP contribution >= 0.6 is 15.9 Å². The van der Waals surface area contributed by atoms with Crippen molar-refractivity contribution < 1.29 is 19.1 Å². The average molecular weight is 449 g/mol. The molecule has 7 heteroatoms. The van der Waals surface area contributed by atoms with Crippen LogP contribution in [0.15, 0.2) is 53.0 Å². The van der Waals surface area contributed by atoms with E-state index in [1.807, 2.05) is 43.3 Å². The average Bonchev–Trinajstić information content (AvgIpc) is 2.71. The topological polar surface area (TPSA) is 67.9 Å². The first-order chi connectivity index (χ1) is 13.4. The van der Waals surface area contributed by atoms with Crippen molar-refractivity contribution in [2.45, 2.75) is 26.4 Å². The summed E-state index contributed by atoms with van der Waals surface area (Å²) in [5.41, 5.74) is 0.868. The van der Waals surface area contributed by atoms with Crippen molar-refractivity contribution in [1.82, 2.24) is 10.2 Å². The molecule has 0 fully saturated rings. The van der Waals surface area contributed by atoms with Gasteiger partial charge in [-0.15, -0.1) is 0 Å². The van der Waals surface area contributed by atoms with E-state index in [-0.39, 0.29) is 25.0 Å². The molecule has 0 aromatic heterocycles. The van der Waals surface area contributed by atoms with Gasteiger partial charge in [0.2, 0.25) is 5.91 Å². The van der Waals surface area contributed by atoms with Crippen LogP contribution in [0.1, 0.15) is 19.4 Å². The lowest BCUT2D eigenvalue weighted by atomic mass is 10.1. The Balaban J connectivity index is 2.14. The van der Waals surface area contributed by atoms with Crippen LogP contribution in [0.4, 0.5) is 0 Å². The summed E-state index contributed by atoms with van der Waals surface area (Å²) < 4.78 is 11.8. The molecule has 28 heavy (non-hydrogen) atoms. The summed E-state index contributed by atoms with van der Waals surface area (Å²) in [6.07, 6.45) is 0. The number of carbonyl (C=O) groups is 2. The van der Waals surface area contributed by atoms with Gasteiger partial charge in [0.25, 0.3) is 5.91 Å². The zero-order valence-corrected chi connectivity index (χ0v) is 17.9.